The molecule has 3 aromatic rings. The highest BCUT2D eigenvalue weighted by molar-refractivity contribution is 5.86. The van der Waals surface area contributed by atoms with Crippen LogP contribution in [0.4, 0.5) is 0 Å². The van der Waals surface area contributed by atoms with Gasteiger partial charge in [0.05, 0.1) is 7.11 Å². The molecule has 0 aliphatic heterocycles. The second kappa shape index (κ2) is 8.09. The van der Waals surface area contributed by atoms with Crippen molar-refractivity contribution < 1.29 is 9.53 Å². The van der Waals surface area contributed by atoms with Crippen molar-refractivity contribution in [3.63, 3.8) is 0 Å². The summed E-state index contributed by atoms with van der Waals surface area (Å²) in [6.07, 6.45) is 5.32. The molecule has 0 radical (unpaired) electrons. The summed E-state index contributed by atoms with van der Waals surface area (Å²) in [5.41, 5.74) is 3.81. The van der Waals surface area contributed by atoms with Gasteiger partial charge in [0.15, 0.2) is 0 Å². The third-order valence-corrected chi connectivity index (χ3v) is 5.66. The lowest BCUT2D eigenvalue weighted by Gasteiger charge is -2.12. The maximum Gasteiger partial charge on any atom is 0.223 e. The standard InChI is InChI=1S/C24H28N2O2/c1-17(15-25-24(27)19-8-9-19)22-16-26(13-12-18-6-4-3-5-7-18)23-11-10-20(28-2)14-21(22)23/h3-7,10-11,14,16-17,19H,8-9,12-13,15H2,1-2H3,(H,25,27). The molecule has 1 unspecified atom stereocenters. The molecule has 4 heteroatoms. The van der Waals surface area contributed by atoms with Crippen molar-refractivity contribution in [2.45, 2.75) is 38.6 Å². The number of fused-ring (bicyclic) bond motifs is 1. The Morgan fingerprint density at radius 1 is 1.21 bits per heavy atom. The van der Waals surface area contributed by atoms with Crippen molar-refractivity contribution in [2.24, 2.45) is 5.92 Å². The minimum atomic E-state index is 0.206. The van der Waals surface area contributed by atoms with Crippen LogP contribution >= 0.6 is 0 Å². The summed E-state index contributed by atoms with van der Waals surface area (Å²) in [5.74, 6) is 1.57. The third-order valence-electron chi connectivity index (χ3n) is 5.66. The Kier molecular flexibility index (Phi) is 5.38. The zero-order chi connectivity index (χ0) is 19.5. The fourth-order valence-electron chi connectivity index (χ4n) is 3.76. The number of nitrogens with one attached hydrogen (secondary N) is 1. The molecule has 0 bridgehead atoms. The van der Waals surface area contributed by atoms with E-state index in [1.807, 2.05) is 6.07 Å². The summed E-state index contributed by atoms with van der Waals surface area (Å²) >= 11 is 0. The highest BCUT2D eigenvalue weighted by atomic mass is 16.5. The molecular formula is C24H28N2O2. The predicted octanol–water partition coefficient (Wildman–Crippen LogP) is 4.52. The van der Waals surface area contributed by atoms with Crippen LogP contribution in [0.15, 0.2) is 54.7 Å². The highest BCUT2D eigenvalue weighted by Crippen LogP contribution is 2.32. The molecule has 1 heterocycles. The number of amides is 1. The maximum absolute atomic E-state index is 12.0. The molecule has 1 aliphatic rings. The lowest BCUT2D eigenvalue weighted by atomic mass is 10.0. The lowest BCUT2D eigenvalue weighted by molar-refractivity contribution is -0.122. The number of ether oxygens (including phenoxy) is 1. The number of hydrogen-bond donors (Lipinski definition) is 1. The topological polar surface area (TPSA) is 43.3 Å². The van der Waals surface area contributed by atoms with E-state index in [-0.39, 0.29) is 17.7 Å². The number of aryl methyl sites for hydroxylation is 2. The number of nitrogens with zero attached hydrogens (tertiary/aromatic N) is 1. The second-order valence-electron chi connectivity index (χ2n) is 7.82. The number of carbonyl (C=O) groups is 1. The van der Waals surface area contributed by atoms with Gasteiger partial charge in [0.2, 0.25) is 5.91 Å². The molecule has 1 saturated carbocycles. The van der Waals surface area contributed by atoms with Gasteiger partial charge in [0.1, 0.15) is 5.75 Å². The molecule has 1 aliphatic carbocycles. The monoisotopic (exact) mass is 376 g/mol. The van der Waals surface area contributed by atoms with Crippen molar-refractivity contribution in [3.8, 4) is 5.75 Å². The molecule has 2 aromatic carbocycles. The second-order valence-corrected chi connectivity index (χ2v) is 7.82. The van der Waals surface area contributed by atoms with Gasteiger partial charge in [-0.3, -0.25) is 4.79 Å². The van der Waals surface area contributed by atoms with Crippen LogP contribution < -0.4 is 10.1 Å². The Balaban J connectivity index is 1.57. The van der Waals surface area contributed by atoms with E-state index in [1.165, 1.54) is 22.0 Å². The molecule has 1 fully saturated rings. The van der Waals surface area contributed by atoms with Crippen LogP contribution in [0, 0.1) is 5.92 Å². The first kappa shape index (κ1) is 18.6. The number of benzene rings is 2. The van der Waals surface area contributed by atoms with E-state index in [0.717, 1.165) is 31.6 Å². The molecule has 28 heavy (non-hydrogen) atoms. The van der Waals surface area contributed by atoms with E-state index in [4.69, 9.17) is 4.74 Å². The zero-order valence-corrected chi connectivity index (χ0v) is 16.7. The normalized spacial score (nSPS) is 14.8. The first-order chi connectivity index (χ1) is 13.7. The van der Waals surface area contributed by atoms with Crippen LogP contribution in [0.3, 0.4) is 0 Å². The van der Waals surface area contributed by atoms with Crippen LogP contribution in [-0.4, -0.2) is 24.1 Å². The van der Waals surface area contributed by atoms with E-state index in [0.29, 0.717) is 6.54 Å². The molecule has 1 amide bonds. The summed E-state index contributed by atoms with van der Waals surface area (Å²) in [5, 5.41) is 4.33. The fraction of sp³-hybridized carbons (Fsp3) is 0.375. The van der Waals surface area contributed by atoms with E-state index >= 15 is 0 Å². The van der Waals surface area contributed by atoms with Gasteiger partial charge in [-0.1, -0.05) is 37.3 Å². The summed E-state index contributed by atoms with van der Waals surface area (Å²) < 4.78 is 7.78. The predicted molar refractivity (Wildman–Crippen MR) is 113 cm³/mol. The zero-order valence-electron chi connectivity index (χ0n) is 16.7. The Bertz CT molecular complexity index is 957. The van der Waals surface area contributed by atoms with Crippen LogP contribution in [0.25, 0.3) is 10.9 Å². The molecule has 1 N–H and O–H groups in total. The Morgan fingerprint density at radius 2 is 2.00 bits per heavy atom. The van der Waals surface area contributed by atoms with Gasteiger partial charge < -0.3 is 14.6 Å². The maximum atomic E-state index is 12.0. The van der Waals surface area contributed by atoms with Crippen LogP contribution in [0.5, 0.6) is 5.75 Å². The van der Waals surface area contributed by atoms with Gasteiger partial charge >= 0.3 is 0 Å². The smallest absolute Gasteiger partial charge is 0.223 e. The Labute approximate surface area is 166 Å². The number of methoxy groups -OCH3 is 1. The molecule has 1 aromatic heterocycles. The summed E-state index contributed by atoms with van der Waals surface area (Å²) in [6, 6.07) is 16.8. The average Bonchev–Trinajstić information content (AvgIpc) is 3.52. The first-order valence-electron chi connectivity index (χ1n) is 10.1. The minimum Gasteiger partial charge on any atom is -0.497 e. The number of carbonyl (C=O) groups excluding carboxylic acids is 1. The van der Waals surface area contributed by atoms with Gasteiger partial charge in [-0.2, -0.15) is 0 Å². The van der Waals surface area contributed by atoms with E-state index < -0.39 is 0 Å². The average molecular weight is 377 g/mol. The largest absolute Gasteiger partial charge is 0.497 e. The van der Waals surface area contributed by atoms with Gasteiger partial charge in [-0.05, 0) is 48.6 Å². The highest BCUT2D eigenvalue weighted by Gasteiger charge is 2.29. The molecule has 4 nitrogen and oxygen atoms in total. The van der Waals surface area contributed by atoms with Gasteiger partial charge in [0, 0.05) is 42.0 Å². The number of hydrogen-bond acceptors (Lipinski definition) is 2. The summed E-state index contributed by atoms with van der Waals surface area (Å²) in [7, 11) is 1.70. The molecular weight excluding hydrogens is 348 g/mol. The van der Waals surface area contributed by atoms with Gasteiger partial charge in [0.25, 0.3) is 0 Å². The first-order valence-corrected chi connectivity index (χ1v) is 10.1. The quantitative estimate of drug-likeness (QED) is 0.628. The van der Waals surface area contributed by atoms with Crippen molar-refractivity contribution in [2.75, 3.05) is 13.7 Å². The third kappa shape index (κ3) is 4.06. The van der Waals surface area contributed by atoms with Crippen LogP contribution in [-0.2, 0) is 17.8 Å². The van der Waals surface area contributed by atoms with E-state index in [1.54, 1.807) is 7.11 Å². The fourth-order valence-corrected chi connectivity index (χ4v) is 3.76. The SMILES string of the molecule is COc1ccc2c(c1)c(C(C)CNC(=O)C1CC1)cn2CCc1ccccc1. The molecule has 0 spiro atoms. The van der Waals surface area contributed by atoms with Crippen molar-refractivity contribution in [1.29, 1.82) is 0 Å². The van der Waals surface area contributed by atoms with Gasteiger partial charge in [-0.15, -0.1) is 0 Å². The number of rotatable bonds is 8. The van der Waals surface area contributed by atoms with Crippen molar-refractivity contribution >= 4 is 16.8 Å². The minimum absolute atomic E-state index is 0.206. The molecule has 0 saturated heterocycles. The molecule has 1 atom stereocenters. The van der Waals surface area contributed by atoms with Crippen LogP contribution in [0.1, 0.15) is 36.8 Å². The molecule has 146 valence electrons. The van der Waals surface area contributed by atoms with E-state index in [2.05, 4.69) is 65.5 Å². The van der Waals surface area contributed by atoms with Crippen molar-refractivity contribution in [3.05, 3.63) is 65.9 Å². The van der Waals surface area contributed by atoms with E-state index in [9.17, 15) is 4.79 Å². The Hall–Kier alpha value is -2.75. The Morgan fingerprint density at radius 3 is 2.71 bits per heavy atom. The summed E-state index contributed by atoms with van der Waals surface area (Å²) in [6.45, 7) is 3.78. The van der Waals surface area contributed by atoms with Crippen molar-refractivity contribution in [1.82, 2.24) is 9.88 Å². The number of aromatic nitrogens is 1. The summed E-state index contributed by atoms with van der Waals surface area (Å²) in [4.78, 5) is 12.0. The lowest BCUT2D eigenvalue weighted by Crippen LogP contribution is -2.28. The van der Waals surface area contributed by atoms with Crippen LogP contribution in [0.2, 0.25) is 0 Å². The molecule has 4 rings (SSSR count). The van der Waals surface area contributed by atoms with Gasteiger partial charge in [-0.25, -0.2) is 0 Å².